The molecule has 0 radical (unpaired) electrons. The molecular weight excluding hydrogens is 242 g/mol. The number of pyridine rings is 1. The Labute approximate surface area is 109 Å². The van der Waals surface area contributed by atoms with Gasteiger partial charge >= 0.3 is 0 Å². The van der Waals surface area contributed by atoms with Gasteiger partial charge in [0, 0.05) is 6.20 Å². The summed E-state index contributed by atoms with van der Waals surface area (Å²) < 4.78 is 5.58. The number of phenolic OH excluding ortho intramolecular Hbond substituents is 1. The number of oxazole rings is 1. The molecule has 0 bridgehead atoms. The van der Waals surface area contributed by atoms with Gasteiger partial charge in [0.25, 0.3) is 0 Å². The van der Waals surface area contributed by atoms with Crippen LogP contribution in [0.4, 0.5) is 0 Å². The fourth-order valence-corrected chi connectivity index (χ4v) is 1.92. The van der Waals surface area contributed by atoms with Crippen molar-refractivity contribution in [1.29, 1.82) is 0 Å². The molecule has 0 saturated heterocycles. The van der Waals surface area contributed by atoms with E-state index in [4.69, 9.17) is 10.2 Å². The zero-order valence-electron chi connectivity index (χ0n) is 10.2. The molecule has 19 heavy (non-hydrogen) atoms. The van der Waals surface area contributed by atoms with Crippen LogP contribution in [0.2, 0.25) is 0 Å². The molecule has 1 unspecified atom stereocenters. The number of aromatic nitrogens is 2. The van der Waals surface area contributed by atoms with Crippen molar-refractivity contribution in [2.45, 2.75) is 12.5 Å². The van der Waals surface area contributed by atoms with Gasteiger partial charge in [-0.15, -0.1) is 0 Å². The molecule has 3 aromatic rings. The van der Waals surface area contributed by atoms with E-state index in [9.17, 15) is 5.11 Å². The SMILES string of the molecule is NC(Cc1ccc(O)cc1)c1nc2ncccc2o1. The molecular formula is C14H13N3O2. The Balaban J connectivity index is 1.83. The van der Waals surface area contributed by atoms with Crippen molar-refractivity contribution >= 4 is 11.2 Å². The minimum atomic E-state index is -0.334. The minimum absolute atomic E-state index is 0.239. The Morgan fingerprint density at radius 3 is 2.74 bits per heavy atom. The van der Waals surface area contributed by atoms with Crippen LogP contribution in [-0.4, -0.2) is 15.1 Å². The molecule has 0 aliphatic heterocycles. The Morgan fingerprint density at radius 2 is 2.00 bits per heavy atom. The number of benzene rings is 1. The molecule has 96 valence electrons. The van der Waals surface area contributed by atoms with Crippen LogP contribution in [-0.2, 0) is 6.42 Å². The lowest BCUT2D eigenvalue weighted by Gasteiger charge is -2.07. The molecule has 1 aromatic carbocycles. The lowest BCUT2D eigenvalue weighted by atomic mass is 10.1. The average Bonchev–Trinajstić information content (AvgIpc) is 2.85. The second-order valence-corrected chi connectivity index (χ2v) is 4.35. The van der Waals surface area contributed by atoms with Crippen LogP contribution in [0, 0.1) is 0 Å². The van der Waals surface area contributed by atoms with Gasteiger partial charge in [0.1, 0.15) is 5.75 Å². The van der Waals surface area contributed by atoms with E-state index >= 15 is 0 Å². The van der Waals surface area contributed by atoms with Crippen molar-refractivity contribution in [3.8, 4) is 5.75 Å². The standard InChI is InChI=1S/C14H13N3O2/c15-11(8-9-3-5-10(18)6-4-9)14-17-13-12(19-14)2-1-7-16-13/h1-7,11,18H,8,15H2. The van der Waals surface area contributed by atoms with Crippen LogP contribution in [0.25, 0.3) is 11.2 Å². The van der Waals surface area contributed by atoms with Crippen LogP contribution >= 0.6 is 0 Å². The Morgan fingerprint density at radius 1 is 1.21 bits per heavy atom. The minimum Gasteiger partial charge on any atom is -0.508 e. The van der Waals surface area contributed by atoms with Crippen LogP contribution < -0.4 is 5.73 Å². The molecule has 2 aromatic heterocycles. The molecule has 5 nitrogen and oxygen atoms in total. The third-order valence-corrected chi connectivity index (χ3v) is 2.89. The lowest BCUT2D eigenvalue weighted by molar-refractivity contribution is 0.470. The molecule has 0 spiro atoms. The Hall–Kier alpha value is -2.40. The Kier molecular flexibility index (Phi) is 2.89. The summed E-state index contributed by atoms with van der Waals surface area (Å²) in [6, 6.07) is 10.2. The molecule has 2 heterocycles. The van der Waals surface area contributed by atoms with E-state index in [1.165, 1.54) is 0 Å². The third-order valence-electron chi connectivity index (χ3n) is 2.89. The third kappa shape index (κ3) is 2.41. The number of hydrogen-bond donors (Lipinski definition) is 2. The number of nitrogens with two attached hydrogens (primary N) is 1. The van der Waals surface area contributed by atoms with Crippen LogP contribution in [0.1, 0.15) is 17.5 Å². The van der Waals surface area contributed by atoms with E-state index < -0.39 is 0 Å². The van der Waals surface area contributed by atoms with Gasteiger partial charge in [-0.3, -0.25) is 0 Å². The summed E-state index contributed by atoms with van der Waals surface area (Å²) in [5, 5.41) is 9.23. The van der Waals surface area contributed by atoms with E-state index in [2.05, 4.69) is 9.97 Å². The summed E-state index contributed by atoms with van der Waals surface area (Å²) in [6.07, 6.45) is 2.26. The first-order valence-electron chi connectivity index (χ1n) is 5.97. The number of nitrogens with zero attached hydrogens (tertiary/aromatic N) is 2. The fourth-order valence-electron chi connectivity index (χ4n) is 1.92. The highest BCUT2D eigenvalue weighted by atomic mass is 16.3. The van der Waals surface area contributed by atoms with Crippen molar-refractivity contribution in [2.75, 3.05) is 0 Å². The van der Waals surface area contributed by atoms with Gasteiger partial charge in [-0.2, -0.15) is 4.98 Å². The van der Waals surface area contributed by atoms with Gasteiger partial charge < -0.3 is 15.3 Å². The number of hydrogen-bond acceptors (Lipinski definition) is 5. The van der Waals surface area contributed by atoms with Gasteiger partial charge in [-0.1, -0.05) is 12.1 Å². The predicted molar refractivity (Wildman–Crippen MR) is 70.5 cm³/mol. The molecule has 3 rings (SSSR count). The predicted octanol–water partition coefficient (Wildman–Crippen LogP) is 2.17. The highest BCUT2D eigenvalue weighted by Crippen LogP contribution is 2.20. The smallest absolute Gasteiger partial charge is 0.214 e. The van der Waals surface area contributed by atoms with E-state index in [0.29, 0.717) is 23.5 Å². The molecule has 0 saturated carbocycles. The van der Waals surface area contributed by atoms with Gasteiger partial charge in [-0.25, -0.2) is 4.98 Å². The number of aromatic hydroxyl groups is 1. The lowest BCUT2D eigenvalue weighted by Crippen LogP contribution is -2.13. The molecule has 0 aliphatic rings. The van der Waals surface area contributed by atoms with Gasteiger partial charge in [0.05, 0.1) is 6.04 Å². The molecule has 0 aliphatic carbocycles. The Bertz CT molecular complexity index is 658. The number of phenols is 1. The van der Waals surface area contributed by atoms with Gasteiger partial charge in [0.2, 0.25) is 5.89 Å². The van der Waals surface area contributed by atoms with Crippen molar-refractivity contribution in [2.24, 2.45) is 5.73 Å². The number of rotatable bonds is 3. The zero-order chi connectivity index (χ0) is 13.2. The highest BCUT2D eigenvalue weighted by Gasteiger charge is 2.15. The van der Waals surface area contributed by atoms with Crippen molar-refractivity contribution in [3.05, 3.63) is 54.0 Å². The zero-order valence-corrected chi connectivity index (χ0v) is 10.2. The maximum atomic E-state index is 9.23. The van der Waals surface area contributed by atoms with Gasteiger partial charge in [-0.05, 0) is 36.2 Å². The molecule has 1 atom stereocenters. The molecule has 5 heteroatoms. The quantitative estimate of drug-likeness (QED) is 0.749. The molecule has 0 fully saturated rings. The topological polar surface area (TPSA) is 85.2 Å². The molecule has 0 amide bonds. The summed E-state index contributed by atoms with van der Waals surface area (Å²) in [7, 11) is 0. The summed E-state index contributed by atoms with van der Waals surface area (Å²) in [4.78, 5) is 8.38. The monoisotopic (exact) mass is 255 g/mol. The summed E-state index contributed by atoms with van der Waals surface area (Å²) in [5.74, 6) is 0.713. The van der Waals surface area contributed by atoms with Crippen molar-refractivity contribution in [3.63, 3.8) is 0 Å². The van der Waals surface area contributed by atoms with Crippen LogP contribution in [0.5, 0.6) is 5.75 Å². The van der Waals surface area contributed by atoms with E-state index in [0.717, 1.165) is 5.56 Å². The molecule has 3 N–H and O–H groups in total. The average molecular weight is 255 g/mol. The van der Waals surface area contributed by atoms with E-state index in [1.54, 1.807) is 24.4 Å². The first kappa shape index (κ1) is 11.7. The fraction of sp³-hybridized carbons (Fsp3) is 0.143. The largest absolute Gasteiger partial charge is 0.508 e. The maximum absolute atomic E-state index is 9.23. The first-order chi connectivity index (χ1) is 9.22. The first-order valence-corrected chi connectivity index (χ1v) is 5.97. The number of fused-ring (bicyclic) bond motifs is 1. The summed E-state index contributed by atoms with van der Waals surface area (Å²) in [6.45, 7) is 0. The van der Waals surface area contributed by atoms with E-state index in [1.807, 2.05) is 18.2 Å². The van der Waals surface area contributed by atoms with Crippen LogP contribution in [0.15, 0.2) is 47.0 Å². The second-order valence-electron chi connectivity index (χ2n) is 4.35. The van der Waals surface area contributed by atoms with E-state index in [-0.39, 0.29) is 11.8 Å². The normalized spacial score (nSPS) is 12.7. The van der Waals surface area contributed by atoms with Crippen molar-refractivity contribution < 1.29 is 9.52 Å². The summed E-state index contributed by atoms with van der Waals surface area (Å²) in [5.41, 5.74) is 8.30. The maximum Gasteiger partial charge on any atom is 0.214 e. The van der Waals surface area contributed by atoms with Crippen molar-refractivity contribution in [1.82, 2.24) is 9.97 Å². The second kappa shape index (κ2) is 4.70. The highest BCUT2D eigenvalue weighted by molar-refractivity contribution is 5.66. The van der Waals surface area contributed by atoms with Crippen LogP contribution in [0.3, 0.4) is 0 Å². The summed E-state index contributed by atoms with van der Waals surface area (Å²) >= 11 is 0. The van der Waals surface area contributed by atoms with Gasteiger partial charge in [0.15, 0.2) is 11.2 Å².